The summed E-state index contributed by atoms with van der Waals surface area (Å²) in [5.74, 6) is -0.118. The third kappa shape index (κ3) is 6.36. The predicted octanol–water partition coefficient (Wildman–Crippen LogP) is 1.57. The average molecular weight is 541 g/mol. The quantitative estimate of drug-likeness (QED) is 0.244. The van der Waals surface area contributed by atoms with Crippen molar-refractivity contribution in [1.29, 1.82) is 0 Å². The number of aliphatic hydroxyl groups is 1. The highest BCUT2D eigenvalue weighted by Gasteiger charge is 2.55. The smallest absolute Gasteiger partial charge is 0.331 e. The number of nitrogens with zero attached hydrogens (tertiary/aromatic N) is 2. The maximum Gasteiger partial charge on any atom is 0.331 e. The van der Waals surface area contributed by atoms with Crippen LogP contribution in [0.2, 0.25) is 0 Å². The lowest BCUT2D eigenvalue weighted by Gasteiger charge is -2.27. The molecule has 1 aromatic heterocycles. The van der Waals surface area contributed by atoms with Crippen LogP contribution in [0.1, 0.15) is 32.9 Å². The van der Waals surface area contributed by atoms with Crippen LogP contribution >= 0.6 is 8.18 Å². The molecule has 6 atom stereocenters. The Bertz CT molecular complexity index is 1230. The van der Waals surface area contributed by atoms with E-state index in [4.69, 9.17) is 18.8 Å². The van der Waals surface area contributed by atoms with Crippen molar-refractivity contribution in [3.05, 3.63) is 63.4 Å². The van der Waals surface area contributed by atoms with Crippen LogP contribution in [0.25, 0.3) is 0 Å². The Labute approximate surface area is 211 Å². The van der Waals surface area contributed by atoms with E-state index < -0.39 is 62.2 Å². The topological polar surface area (TPSA) is 149 Å². The summed E-state index contributed by atoms with van der Waals surface area (Å²) in [5.41, 5.74) is -4.06. The molecule has 12 nitrogen and oxygen atoms in total. The van der Waals surface area contributed by atoms with Crippen LogP contribution in [0.4, 0.5) is 4.39 Å². The zero-order valence-electron chi connectivity index (χ0n) is 20.2. The van der Waals surface area contributed by atoms with E-state index in [1.54, 1.807) is 30.3 Å². The molecule has 14 heteroatoms. The van der Waals surface area contributed by atoms with E-state index in [1.165, 1.54) is 6.92 Å². The maximum atomic E-state index is 15.5. The van der Waals surface area contributed by atoms with E-state index in [9.17, 15) is 24.1 Å². The number of esters is 1. The Morgan fingerprint density at radius 2 is 2.00 bits per heavy atom. The first-order chi connectivity index (χ1) is 17.6. The van der Waals surface area contributed by atoms with Crippen molar-refractivity contribution >= 4 is 14.1 Å². The van der Waals surface area contributed by atoms with Crippen LogP contribution in [-0.4, -0.2) is 62.6 Å². The largest absolute Gasteiger partial charge is 0.464 e. The fourth-order valence-corrected chi connectivity index (χ4v) is 4.80. The highest BCUT2D eigenvalue weighted by atomic mass is 31.1. The maximum absolute atomic E-state index is 15.5. The molecule has 2 aliphatic rings. The van der Waals surface area contributed by atoms with Crippen LogP contribution in [0, 0.1) is 5.92 Å². The molecule has 2 heterocycles. The predicted molar refractivity (Wildman–Crippen MR) is 128 cm³/mol. The Balaban J connectivity index is 1.49. The van der Waals surface area contributed by atoms with Gasteiger partial charge in [-0.2, -0.15) is 0 Å². The molecule has 37 heavy (non-hydrogen) atoms. The Kier molecular flexibility index (Phi) is 8.29. The van der Waals surface area contributed by atoms with E-state index >= 15 is 4.39 Å². The minimum absolute atomic E-state index is 0.234. The summed E-state index contributed by atoms with van der Waals surface area (Å²) in [5, 5.41) is 10.6. The lowest BCUT2D eigenvalue weighted by molar-refractivity contribution is -0.181. The number of carbonyl (C=O) groups excluding carboxylic acids is 1. The van der Waals surface area contributed by atoms with Gasteiger partial charge in [-0.25, -0.2) is 9.18 Å². The van der Waals surface area contributed by atoms with Gasteiger partial charge < -0.3 is 19.1 Å². The van der Waals surface area contributed by atoms with Crippen LogP contribution in [0.5, 0.6) is 5.75 Å². The van der Waals surface area contributed by atoms with Gasteiger partial charge in [0.1, 0.15) is 24.0 Å². The average Bonchev–Trinajstić information content (AvgIpc) is 3.66. The first-order valence-electron chi connectivity index (χ1n) is 11.8. The summed E-state index contributed by atoms with van der Waals surface area (Å²) < 4.78 is 45.7. The number of carbonyl (C=O) groups is 1. The molecule has 2 unspecified atom stereocenters. The van der Waals surface area contributed by atoms with Gasteiger partial charge in [0.2, 0.25) is 0 Å². The van der Waals surface area contributed by atoms with Gasteiger partial charge in [-0.05, 0) is 44.7 Å². The molecule has 1 aliphatic carbocycles. The first-order valence-corrected chi connectivity index (χ1v) is 13.0. The number of alkyl halides is 1. The summed E-state index contributed by atoms with van der Waals surface area (Å²) >= 11 is 0. The Morgan fingerprint density at radius 3 is 2.65 bits per heavy atom. The van der Waals surface area contributed by atoms with Gasteiger partial charge in [0.05, 0.1) is 13.2 Å². The van der Waals surface area contributed by atoms with Crippen LogP contribution < -0.4 is 15.8 Å². The van der Waals surface area contributed by atoms with Gasteiger partial charge in [0, 0.05) is 12.3 Å². The van der Waals surface area contributed by atoms with E-state index in [-0.39, 0.29) is 12.4 Å². The third-order valence-corrected chi connectivity index (χ3v) is 7.46. The van der Waals surface area contributed by atoms with Crippen LogP contribution in [0.3, 0.4) is 0 Å². The highest BCUT2D eigenvalue weighted by molar-refractivity contribution is 7.36. The molecule has 202 valence electrons. The molecule has 2 N–H and O–H groups in total. The van der Waals surface area contributed by atoms with Gasteiger partial charge in [-0.1, -0.05) is 23.0 Å². The molecule has 1 saturated heterocycles. The molecule has 1 aromatic carbocycles. The SMILES string of the molecule is CC(C(=O)OCC1CC1)N(OC[C@H]1O[C@@H](n2ccc(=O)[nH]c2=O)[C@](C)(F)[C@@H]1O)[PH](=O)Oc1ccccc1. The monoisotopic (exact) mass is 541 g/mol. The van der Waals surface area contributed by atoms with Crippen molar-refractivity contribution in [1.82, 2.24) is 14.4 Å². The van der Waals surface area contributed by atoms with Crippen molar-refractivity contribution in [3.8, 4) is 5.75 Å². The number of hydrogen-bond acceptors (Lipinski definition) is 9. The fraction of sp³-hybridized carbons (Fsp3) is 0.522. The number of aromatic nitrogens is 2. The number of halogens is 1. The van der Waals surface area contributed by atoms with Gasteiger partial charge in [0.25, 0.3) is 5.56 Å². The molecule has 1 aliphatic heterocycles. The van der Waals surface area contributed by atoms with Gasteiger partial charge in [-0.3, -0.25) is 28.5 Å². The molecule has 0 bridgehead atoms. The zero-order chi connectivity index (χ0) is 26.7. The van der Waals surface area contributed by atoms with Crippen molar-refractivity contribution in [2.24, 2.45) is 5.92 Å². The number of para-hydroxylation sites is 1. The normalized spacial score (nSPS) is 27.1. The molecule has 0 radical (unpaired) electrons. The lowest BCUT2D eigenvalue weighted by Crippen LogP contribution is -2.44. The summed E-state index contributed by atoms with van der Waals surface area (Å²) in [6.45, 7) is 2.15. The number of aromatic amines is 1. The molecular formula is C23H29FN3O9P. The van der Waals surface area contributed by atoms with Gasteiger partial charge >= 0.3 is 19.8 Å². The van der Waals surface area contributed by atoms with Crippen molar-refractivity contribution in [3.63, 3.8) is 0 Å². The Morgan fingerprint density at radius 1 is 1.30 bits per heavy atom. The van der Waals surface area contributed by atoms with E-state index in [0.29, 0.717) is 5.92 Å². The summed E-state index contributed by atoms with van der Waals surface area (Å²) in [6, 6.07) is 8.08. The second-order valence-corrected chi connectivity index (χ2v) is 10.4. The highest BCUT2D eigenvalue weighted by Crippen LogP contribution is 2.41. The molecule has 2 fully saturated rings. The number of H-pyrrole nitrogens is 1. The molecule has 0 amide bonds. The Hall–Kier alpha value is -2.83. The van der Waals surface area contributed by atoms with Crippen LogP contribution in [-0.2, 0) is 23.7 Å². The molecule has 1 saturated carbocycles. The van der Waals surface area contributed by atoms with Gasteiger partial charge in [-0.15, -0.1) is 0 Å². The number of hydrogen-bond donors (Lipinski definition) is 2. The summed E-state index contributed by atoms with van der Waals surface area (Å²) in [4.78, 5) is 44.6. The minimum atomic E-state index is -3.23. The van der Waals surface area contributed by atoms with Crippen molar-refractivity contribution in [2.75, 3.05) is 13.2 Å². The minimum Gasteiger partial charge on any atom is -0.464 e. The summed E-state index contributed by atoms with van der Waals surface area (Å²) in [6.07, 6.45) is -1.71. The van der Waals surface area contributed by atoms with Crippen molar-refractivity contribution in [2.45, 2.75) is 56.8 Å². The molecule has 0 spiro atoms. The van der Waals surface area contributed by atoms with Crippen LogP contribution in [0.15, 0.2) is 52.2 Å². The number of hydroxylamine groups is 1. The zero-order valence-corrected chi connectivity index (χ0v) is 21.2. The third-order valence-electron chi connectivity index (χ3n) is 6.18. The lowest BCUT2D eigenvalue weighted by atomic mass is 9.98. The summed E-state index contributed by atoms with van der Waals surface area (Å²) in [7, 11) is -3.23. The molecule has 2 aromatic rings. The second kappa shape index (κ2) is 11.3. The number of benzene rings is 1. The molecule has 4 rings (SSSR count). The number of nitrogens with one attached hydrogen (secondary N) is 1. The van der Waals surface area contributed by atoms with Crippen molar-refractivity contribution < 1.29 is 37.7 Å². The van der Waals surface area contributed by atoms with Gasteiger partial charge in [0.15, 0.2) is 11.9 Å². The number of ether oxygens (including phenoxy) is 2. The van der Waals surface area contributed by atoms with E-state index in [0.717, 1.165) is 41.4 Å². The number of aliphatic hydroxyl groups excluding tert-OH is 1. The fourth-order valence-electron chi connectivity index (χ4n) is 3.77. The second-order valence-electron chi connectivity index (χ2n) is 9.19. The molecular weight excluding hydrogens is 512 g/mol. The first kappa shape index (κ1) is 27.2. The number of rotatable bonds is 11. The standard InChI is InChI=1S/C23H29FN3O9P/c1-14(20(30)33-12-15-8-9-15)27(37(32)36-16-6-4-3-5-7-16)34-13-17-19(29)23(2,24)21(35-17)26-11-10-18(28)25-22(26)31/h3-7,10-11,14-15,17,19,21,29,37H,8-9,12-13H2,1-2H3,(H,25,28,31)/t14?,17-,19-,21-,23-/m1/s1. The van der Waals surface area contributed by atoms with E-state index in [1.807, 2.05) is 4.98 Å². The van der Waals surface area contributed by atoms with E-state index in [2.05, 4.69) is 0 Å².